The predicted octanol–water partition coefficient (Wildman–Crippen LogP) is 5.72. The van der Waals surface area contributed by atoms with E-state index in [1.165, 1.54) is 12.8 Å². The molecule has 1 fully saturated rings. The molecule has 0 amide bonds. The third-order valence-electron chi connectivity index (χ3n) is 5.79. The van der Waals surface area contributed by atoms with Crippen molar-refractivity contribution >= 4 is 23.1 Å². The normalized spacial score (nSPS) is 17.3. The van der Waals surface area contributed by atoms with Gasteiger partial charge in [0, 0.05) is 36.7 Å². The minimum absolute atomic E-state index is 0.239. The summed E-state index contributed by atoms with van der Waals surface area (Å²) in [4.78, 5) is 9.99. The quantitative estimate of drug-likeness (QED) is 0.662. The number of hydrogen-bond acceptors (Lipinski definition) is 4. The first-order chi connectivity index (χ1) is 13.5. The van der Waals surface area contributed by atoms with E-state index in [2.05, 4.69) is 30.6 Å². The molecular formula is C23H28ClN3O. The fourth-order valence-electron chi connectivity index (χ4n) is 4.23. The number of nitrogens with zero attached hydrogens (tertiary/aromatic N) is 3. The zero-order valence-electron chi connectivity index (χ0n) is 16.9. The summed E-state index contributed by atoms with van der Waals surface area (Å²) in [6.07, 6.45) is 2.42. The maximum Gasteiger partial charge on any atom is 0.153 e. The molecular weight excluding hydrogens is 370 g/mol. The van der Waals surface area contributed by atoms with Crippen LogP contribution in [0.25, 0.3) is 0 Å². The number of para-hydroxylation sites is 2. The van der Waals surface area contributed by atoms with Crippen LogP contribution in [0.2, 0.25) is 5.02 Å². The van der Waals surface area contributed by atoms with Gasteiger partial charge in [0.25, 0.3) is 0 Å². The van der Waals surface area contributed by atoms with Gasteiger partial charge < -0.3 is 9.64 Å². The lowest BCUT2D eigenvalue weighted by Crippen LogP contribution is -2.55. The van der Waals surface area contributed by atoms with E-state index < -0.39 is 0 Å². The van der Waals surface area contributed by atoms with Crippen LogP contribution >= 0.6 is 11.6 Å². The Hall–Kier alpha value is -2.04. The maximum absolute atomic E-state index is 6.33. The minimum atomic E-state index is 0.239. The highest BCUT2D eigenvalue weighted by Crippen LogP contribution is 2.39. The van der Waals surface area contributed by atoms with Gasteiger partial charge >= 0.3 is 0 Å². The van der Waals surface area contributed by atoms with Crippen molar-refractivity contribution < 1.29 is 4.74 Å². The summed E-state index contributed by atoms with van der Waals surface area (Å²) in [6, 6.07) is 13.7. The monoisotopic (exact) mass is 397 g/mol. The number of rotatable bonds is 3. The fourth-order valence-corrected chi connectivity index (χ4v) is 4.40. The van der Waals surface area contributed by atoms with Crippen molar-refractivity contribution in [2.24, 2.45) is 4.99 Å². The highest BCUT2D eigenvalue weighted by atomic mass is 35.5. The molecule has 2 aliphatic rings. The van der Waals surface area contributed by atoms with Gasteiger partial charge in [0.15, 0.2) is 5.75 Å². The molecule has 1 saturated heterocycles. The Bertz CT molecular complexity index is 885. The highest BCUT2D eigenvalue weighted by Gasteiger charge is 2.31. The van der Waals surface area contributed by atoms with Gasteiger partial charge in [0.1, 0.15) is 17.3 Å². The van der Waals surface area contributed by atoms with Gasteiger partial charge in [0.05, 0.1) is 5.56 Å². The Balaban J connectivity index is 1.65. The molecule has 0 bridgehead atoms. The van der Waals surface area contributed by atoms with Crippen LogP contribution in [0.5, 0.6) is 11.5 Å². The lowest BCUT2D eigenvalue weighted by molar-refractivity contribution is 0.0690. The number of ether oxygens (including phenoxy) is 1. The molecule has 0 aliphatic carbocycles. The van der Waals surface area contributed by atoms with Crippen molar-refractivity contribution in [2.75, 3.05) is 26.2 Å². The molecule has 2 aliphatic heterocycles. The average Bonchev–Trinajstić information content (AvgIpc) is 2.84. The van der Waals surface area contributed by atoms with E-state index in [4.69, 9.17) is 21.3 Å². The summed E-state index contributed by atoms with van der Waals surface area (Å²) in [7, 11) is 0. The van der Waals surface area contributed by atoms with Crippen molar-refractivity contribution in [1.29, 1.82) is 0 Å². The number of aliphatic imine (C=N–C) groups is 1. The molecule has 0 aromatic heterocycles. The van der Waals surface area contributed by atoms with Crippen molar-refractivity contribution in [3.05, 3.63) is 53.1 Å². The molecule has 0 spiro atoms. The second-order valence-corrected chi connectivity index (χ2v) is 8.62. The SMILES string of the molecule is CCCC(C)(C)N1CCN(C2=Nc3ccccc3Oc3ccc(Cl)cc32)CC1. The number of hydrogen-bond donors (Lipinski definition) is 0. The molecule has 2 aromatic rings. The largest absolute Gasteiger partial charge is 0.454 e. The molecule has 0 unspecified atom stereocenters. The van der Waals surface area contributed by atoms with Crippen molar-refractivity contribution in [2.45, 2.75) is 39.2 Å². The Morgan fingerprint density at radius 3 is 2.54 bits per heavy atom. The Labute approximate surface area is 172 Å². The van der Waals surface area contributed by atoms with Gasteiger partial charge in [-0.2, -0.15) is 0 Å². The van der Waals surface area contributed by atoms with Crippen LogP contribution in [0.15, 0.2) is 47.5 Å². The minimum Gasteiger partial charge on any atom is -0.454 e. The van der Waals surface area contributed by atoms with E-state index >= 15 is 0 Å². The van der Waals surface area contributed by atoms with E-state index in [9.17, 15) is 0 Å². The Morgan fingerprint density at radius 2 is 1.79 bits per heavy atom. The van der Waals surface area contributed by atoms with Crippen molar-refractivity contribution in [1.82, 2.24) is 9.80 Å². The van der Waals surface area contributed by atoms with E-state index in [1.807, 2.05) is 42.5 Å². The van der Waals surface area contributed by atoms with E-state index in [-0.39, 0.29) is 5.54 Å². The molecule has 148 valence electrons. The summed E-state index contributed by atoms with van der Waals surface area (Å²) in [5.41, 5.74) is 2.06. The lowest BCUT2D eigenvalue weighted by atomic mass is 9.95. The van der Waals surface area contributed by atoms with Crippen LogP contribution < -0.4 is 4.74 Å². The number of benzene rings is 2. The highest BCUT2D eigenvalue weighted by molar-refractivity contribution is 6.31. The first-order valence-corrected chi connectivity index (χ1v) is 10.5. The van der Waals surface area contributed by atoms with Crippen LogP contribution in [-0.4, -0.2) is 47.4 Å². The van der Waals surface area contributed by atoms with Gasteiger partial charge in [-0.25, -0.2) is 4.99 Å². The van der Waals surface area contributed by atoms with Crippen LogP contribution in [0.1, 0.15) is 39.2 Å². The molecule has 0 atom stereocenters. The van der Waals surface area contributed by atoms with E-state index in [0.29, 0.717) is 5.02 Å². The van der Waals surface area contributed by atoms with Gasteiger partial charge in [0.2, 0.25) is 0 Å². The second-order valence-electron chi connectivity index (χ2n) is 8.18. The molecule has 0 N–H and O–H groups in total. The molecule has 4 nitrogen and oxygen atoms in total. The van der Waals surface area contributed by atoms with E-state index in [1.54, 1.807) is 0 Å². The van der Waals surface area contributed by atoms with Gasteiger partial charge in [-0.05, 0) is 50.6 Å². The molecule has 4 rings (SSSR count). The zero-order chi connectivity index (χ0) is 19.7. The molecule has 2 aromatic carbocycles. The third kappa shape index (κ3) is 3.76. The standard InChI is InChI=1S/C23H28ClN3O/c1-4-11-23(2,3)27-14-12-26(13-15-27)22-18-16-17(24)9-10-20(18)28-21-8-6-5-7-19(21)25-22/h5-10,16H,4,11-15H2,1-3H3. The zero-order valence-corrected chi connectivity index (χ0v) is 17.7. The number of piperazine rings is 1. The Morgan fingerprint density at radius 1 is 1.04 bits per heavy atom. The first kappa shape index (κ1) is 19.3. The number of amidine groups is 1. The first-order valence-electron chi connectivity index (χ1n) is 10.1. The topological polar surface area (TPSA) is 28.1 Å². The smallest absolute Gasteiger partial charge is 0.153 e. The summed E-state index contributed by atoms with van der Waals surface area (Å²) in [5.74, 6) is 2.54. The molecule has 0 radical (unpaired) electrons. The van der Waals surface area contributed by atoms with Crippen molar-refractivity contribution in [3.8, 4) is 11.5 Å². The summed E-state index contributed by atoms with van der Waals surface area (Å²) >= 11 is 6.33. The summed E-state index contributed by atoms with van der Waals surface area (Å²) < 4.78 is 6.18. The second kappa shape index (κ2) is 7.76. The van der Waals surface area contributed by atoms with Crippen LogP contribution in [-0.2, 0) is 0 Å². The molecule has 0 saturated carbocycles. The van der Waals surface area contributed by atoms with Crippen LogP contribution in [0, 0.1) is 0 Å². The average molecular weight is 398 g/mol. The predicted molar refractivity (Wildman–Crippen MR) is 116 cm³/mol. The van der Waals surface area contributed by atoms with Gasteiger partial charge in [-0.3, -0.25) is 4.90 Å². The van der Waals surface area contributed by atoms with Gasteiger partial charge in [-0.1, -0.05) is 37.1 Å². The number of fused-ring (bicyclic) bond motifs is 2. The maximum atomic E-state index is 6.33. The molecule has 5 heteroatoms. The third-order valence-corrected chi connectivity index (χ3v) is 6.03. The summed E-state index contributed by atoms with van der Waals surface area (Å²) in [6.45, 7) is 10.9. The lowest BCUT2D eigenvalue weighted by Gasteiger charge is -2.45. The molecule has 2 heterocycles. The van der Waals surface area contributed by atoms with Crippen molar-refractivity contribution in [3.63, 3.8) is 0 Å². The van der Waals surface area contributed by atoms with Crippen LogP contribution in [0.4, 0.5) is 5.69 Å². The molecule has 28 heavy (non-hydrogen) atoms. The van der Waals surface area contributed by atoms with Crippen LogP contribution in [0.3, 0.4) is 0 Å². The number of halogens is 1. The van der Waals surface area contributed by atoms with E-state index in [0.717, 1.165) is 54.8 Å². The Kier molecular flexibility index (Phi) is 5.35. The summed E-state index contributed by atoms with van der Waals surface area (Å²) in [5, 5.41) is 0.698. The fraction of sp³-hybridized carbons (Fsp3) is 0.435. The van der Waals surface area contributed by atoms with Gasteiger partial charge in [-0.15, -0.1) is 0 Å².